The van der Waals surface area contributed by atoms with Gasteiger partial charge < -0.3 is 9.67 Å². The maximum absolute atomic E-state index is 9.19. The number of hydrogen-bond donors (Lipinski definition) is 1. The molecule has 1 N–H and O–H groups in total. The standard InChI is InChI=1S/C10H9ClN2O/c1-7-12-4-5-13(7)10-3-2-8(14)6-9(10)11/h2-6,14H,1H3. The number of nitrogens with zero attached hydrogens (tertiary/aromatic N) is 2. The zero-order valence-electron chi connectivity index (χ0n) is 7.61. The highest BCUT2D eigenvalue weighted by Gasteiger charge is 2.05. The van der Waals surface area contributed by atoms with Gasteiger partial charge in [0.05, 0.1) is 10.7 Å². The molecule has 72 valence electrons. The van der Waals surface area contributed by atoms with Gasteiger partial charge in [0.2, 0.25) is 0 Å². The van der Waals surface area contributed by atoms with E-state index >= 15 is 0 Å². The van der Waals surface area contributed by atoms with Crippen LogP contribution in [-0.2, 0) is 0 Å². The number of imidazole rings is 1. The number of aromatic hydroxyl groups is 1. The lowest BCUT2D eigenvalue weighted by Gasteiger charge is -2.07. The summed E-state index contributed by atoms with van der Waals surface area (Å²) in [7, 11) is 0. The van der Waals surface area contributed by atoms with Gasteiger partial charge in [-0.05, 0) is 19.1 Å². The van der Waals surface area contributed by atoms with Crippen molar-refractivity contribution in [2.45, 2.75) is 6.92 Å². The number of phenolic OH excluding ortho intramolecular Hbond substituents is 1. The lowest BCUT2D eigenvalue weighted by Crippen LogP contribution is -1.95. The molecule has 0 spiro atoms. The first kappa shape index (κ1) is 9.09. The highest BCUT2D eigenvalue weighted by atomic mass is 35.5. The minimum absolute atomic E-state index is 0.163. The Bertz CT molecular complexity index is 465. The SMILES string of the molecule is Cc1nccn1-c1ccc(O)cc1Cl. The molecule has 0 radical (unpaired) electrons. The van der Waals surface area contributed by atoms with E-state index in [1.165, 1.54) is 6.07 Å². The molecular weight excluding hydrogens is 200 g/mol. The van der Waals surface area contributed by atoms with Crippen LogP contribution in [0.4, 0.5) is 0 Å². The lowest BCUT2D eigenvalue weighted by atomic mass is 10.3. The second-order valence-electron chi connectivity index (χ2n) is 2.98. The summed E-state index contributed by atoms with van der Waals surface area (Å²) < 4.78 is 1.86. The van der Waals surface area contributed by atoms with Crippen molar-refractivity contribution in [3.8, 4) is 11.4 Å². The van der Waals surface area contributed by atoms with E-state index in [1.54, 1.807) is 18.3 Å². The monoisotopic (exact) mass is 208 g/mol. The van der Waals surface area contributed by atoms with Crippen molar-refractivity contribution >= 4 is 11.6 Å². The minimum Gasteiger partial charge on any atom is -0.508 e. The summed E-state index contributed by atoms with van der Waals surface area (Å²) in [4.78, 5) is 4.10. The molecule has 0 aliphatic rings. The van der Waals surface area contributed by atoms with Crippen molar-refractivity contribution in [3.05, 3.63) is 41.4 Å². The summed E-state index contributed by atoms with van der Waals surface area (Å²) in [6.45, 7) is 1.89. The van der Waals surface area contributed by atoms with Gasteiger partial charge in [0.15, 0.2) is 0 Å². The Morgan fingerprint density at radius 3 is 2.79 bits per heavy atom. The third-order valence-corrected chi connectivity index (χ3v) is 2.32. The Morgan fingerprint density at radius 2 is 2.21 bits per heavy atom. The van der Waals surface area contributed by atoms with Crippen LogP contribution in [-0.4, -0.2) is 14.7 Å². The summed E-state index contributed by atoms with van der Waals surface area (Å²) in [5, 5.41) is 9.70. The third kappa shape index (κ3) is 1.46. The molecule has 3 nitrogen and oxygen atoms in total. The Hall–Kier alpha value is -1.48. The minimum atomic E-state index is 0.163. The number of phenols is 1. The van der Waals surface area contributed by atoms with E-state index in [9.17, 15) is 5.11 Å². The predicted molar refractivity (Wildman–Crippen MR) is 55.0 cm³/mol. The highest BCUT2D eigenvalue weighted by molar-refractivity contribution is 6.32. The van der Waals surface area contributed by atoms with Crippen LogP contribution in [0.5, 0.6) is 5.75 Å². The summed E-state index contributed by atoms with van der Waals surface area (Å²) in [6.07, 6.45) is 3.53. The van der Waals surface area contributed by atoms with Crippen LogP contribution in [0.1, 0.15) is 5.82 Å². The van der Waals surface area contributed by atoms with E-state index in [2.05, 4.69) is 4.98 Å². The molecule has 0 atom stereocenters. The van der Waals surface area contributed by atoms with E-state index in [1.807, 2.05) is 17.7 Å². The maximum atomic E-state index is 9.19. The molecule has 14 heavy (non-hydrogen) atoms. The summed E-state index contributed by atoms with van der Waals surface area (Å²) in [5.74, 6) is 1.02. The number of halogens is 1. The van der Waals surface area contributed by atoms with Gasteiger partial charge in [0, 0.05) is 18.5 Å². The van der Waals surface area contributed by atoms with Gasteiger partial charge in [0.1, 0.15) is 11.6 Å². The molecule has 0 unspecified atom stereocenters. The fraction of sp³-hybridized carbons (Fsp3) is 0.100. The highest BCUT2D eigenvalue weighted by Crippen LogP contribution is 2.25. The topological polar surface area (TPSA) is 38.0 Å². The first-order valence-corrected chi connectivity index (χ1v) is 4.55. The Balaban J connectivity index is 2.58. The fourth-order valence-corrected chi connectivity index (χ4v) is 1.59. The molecule has 0 amide bonds. The van der Waals surface area contributed by atoms with Gasteiger partial charge in [-0.3, -0.25) is 0 Å². The third-order valence-electron chi connectivity index (χ3n) is 2.02. The first-order chi connectivity index (χ1) is 6.68. The van der Waals surface area contributed by atoms with Crippen LogP contribution in [0.2, 0.25) is 5.02 Å². The van der Waals surface area contributed by atoms with E-state index in [4.69, 9.17) is 11.6 Å². The van der Waals surface area contributed by atoms with Crippen molar-refractivity contribution in [2.75, 3.05) is 0 Å². The summed E-state index contributed by atoms with van der Waals surface area (Å²) >= 11 is 5.98. The van der Waals surface area contributed by atoms with Gasteiger partial charge in [-0.15, -0.1) is 0 Å². The zero-order valence-corrected chi connectivity index (χ0v) is 8.36. The van der Waals surface area contributed by atoms with Crippen LogP contribution >= 0.6 is 11.6 Å². The Morgan fingerprint density at radius 1 is 1.43 bits per heavy atom. The molecule has 1 aromatic carbocycles. The molecule has 0 aliphatic heterocycles. The van der Waals surface area contributed by atoms with E-state index in [-0.39, 0.29) is 5.75 Å². The van der Waals surface area contributed by atoms with Crippen LogP contribution in [0.15, 0.2) is 30.6 Å². The predicted octanol–water partition coefficient (Wildman–Crippen LogP) is 2.54. The Kier molecular flexibility index (Phi) is 2.17. The van der Waals surface area contributed by atoms with Crippen LogP contribution in [0.25, 0.3) is 5.69 Å². The van der Waals surface area contributed by atoms with Gasteiger partial charge in [-0.25, -0.2) is 4.98 Å². The number of benzene rings is 1. The fourth-order valence-electron chi connectivity index (χ4n) is 1.32. The number of rotatable bonds is 1. The average molecular weight is 209 g/mol. The average Bonchev–Trinajstić information content (AvgIpc) is 2.52. The van der Waals surface area contributed by atoms with Crippen molar-refractivity contribution in [1.82, 2.24) is 9.55 Å². The van der Waals surface area contributed by atoms with E-state index < -0.39 is 0 Å². The lowest BCUT2D eigenvalue weighted by molar-refractivity contribution is 0.475. The first-order valence-electron chi connectivity index (χ1n) is 4.17. The largest absolute Gasteiger partial charge is 0.508 e. The van der Waals surface area contributed by atoms with Crippen LogP contribution in [0, 0.1) is 6.92 Å². The maximum Gasteiger partial charge on any atom is 0.117 e. The van der Waals surface area contributed by atoms with E-state index in [0.717, 1.165) is 11.5 Å². The van der Waals surface area contributed by atoms with Crippen LogP contribution < -0.4 is 0 Å². The number of hydrogen-bond acceptors (Lipinski definition) is 2. The molecule has 1 aromatic heterocycles. The zero-order chi connectivity index (χ0) is 10.1. The number of aryl methyl sites for hydroxylation is 1. The van der Waals surface area contributed by atoms with Crippen molar-refractivity contribution in [1.29, 1.82) is 0 Å². The molecule has 2 aromatic rings. The molecule has 0 fully saturated rings. The number of aromatic nitrogens is 2. The summed E-state index contributed by atoms with van der Waals surface area (Å²) in [6, 6.07) is 4.86. The molecule has 1 heterocycles. The molecule has 0 saturated heterocycles. The quantitative estimate of drug-likeness (QED) is 0.782. The Labute approximate surface area is 86.6 Å². The second-order valence-corrected chi connectivity index (χ2v) is 3.39. The molecule has 0 saturated carbocycles. The van der Waals surface area contributed by atoms with Crippen molar-refractivity contribution in [3.63, 3.8) is 0 Å². The molecule has 0 aliphatic carbocycles. The molecule has 2 rings (SSSR count). The van der Waals surface area contributed by atoms with Crippen molar-refractivity contribution in [2.24, 2.45) is 0 Å². The smallest absolute Gasteiger partial charge is 0.117 e. The van der Waals surface area contributed by atoms with Gasteiger partial charge >= 0.3 is 0 Å². The molecule has 0 bridgehead atoms. The van der Waals surface area contributed by atoms with Gasteiger partial charge in [0.25, 0.3) is 0 Å². The van der Waals surface area contributed by atoms with Crippen LogP contribution in [0.3, 0.4) is 0 Å². The van der Waals surface area contributed by atoms with Crippen molar-refractivity contribution < 1.29 is 5.11 Å². The summed E-state index contributed by atoms with van der Waals surface area (Å²) in [5.41, 5.74) is 0.819. The molecular formula is C10H9ClN2O. The van der Waals surface area contributed by atoms with E-state index in [0.29, 0.717) is 5.02 Å². The second kappa shape index (κ2) is 3.35. The van der Waals surface area contributed by atoms with Gasteiger partial charge in [-0.1, -0.05) is 11.6 Å². The molecule has 4 heteroatoms. The normalized spacial score (nSPS) is 10.4. The van der Waals surface area contributed by atoms with Gasteiger partial charge in [-0.2, -0.15) is 0 Å².